The summed E-state index contributed by atoms with van der Waals surface area (Å²) < 4.78 is 0. The number of benzene rings is 1. The number of carbonyl (C=O) groups excluding carboxylic acids is 1. The minimum Gasteiger partial charge on any atom is -0.352 e. The number of hydrogen-bond donors (Lipinski definition) is 2. The van der Waals surface area contributed by atoms with Crippen molar-refractivity contribution >= 4 is 17.7 Å². The van der Waals surface area contributed by atoms with Crippen LogP contribution in [0.1, 0.15) is 30.5 Å². The Kier molecular flexibility index (Phi) is 5.28. The number of fused-ring (bicyclic) bond motifs is 1. The molecule has 1 aromatic rings. The Bertz CT molecular complexity index is 436. The third-order valence-electron chi connectivity index (χ3n) is 3.51. The van der Waals surface area contributed by atoms with E-state index in [-0.39, 0.29) is 18.0 Å². The third kappa shape index (κ3) is 3.74. The number of carbonyl (C=O) groups is 1. The lowest BCUT2D eigenvalue weighted by Crippen LogP contribution is -2.44. The van der Waals surface area contributed by atoms with Crippen LogP contribution in [-0.4, -0.2) is 30.5 Å². The van der Waals surface area contributed by atoms with Crippen molar-refractivity contribution in [3.05, 3.63) is 35.4 Å². The topological polar surface area (TPSA) is 41.1 Å². The van der Waals surface area contributed by atoms with E-state index in [4.69, 9.17) is 0 Å². The van der Waals surface area contributed by atoms with Gasteiger partial charge < -0.3 is 10.6 Å². The first-order chi connectivity index (χ1) is 9.22. The van der Waals surface area contributed by atoms with E-state index in [9.17, 15) is 4.79 Å². The minimum absolute atomic E-state index is 0.0979. The van der Waals surface area contributed by atoms with Crippen molar-refractivity contribution in [3.8, 4) is 0 Å². The maximum absolute atomic E-state index is 12.4. The Morgan fingerprint density at radius 2 is 2.32 bits per heavy atom. The first-order valence-electron chi connectivity index (χ1n) is 6.83. The molecule has 0 aliphatic carbocycles. The highest BCUT2D eigenvalue weighted by atomic mass is 32.2. The largest absolute Gasteiger partial charge is 0.352 e. The summed E-state index contributed by atoms with van der Waals surface area (Å²) >= 11 is 1.81. The van der Waals surface area contributed by atoms with Gasteiger partial charge in [0.1, 0.15) is 6.04 Å². The van der Waals surface area contributed by atoms with E-state index in [0.717, 1.165) is 30.7 Å². The lowest BCUT2D eigenvalue weighted by molar-refractivity contribution is -0.124. The molecule has 0 spiro atoms. The molecule has 4 heteroatoms. The molecule has 1 aromatic carbocycles. The smallest absolute Gasteiger partial charge is 0.241 e. The van der Waals surface area contributed by atoms with E-state index in [1.807, 2.05) is 23.9 Å². The van der Waals surface area contributed by atoms with Gasteiger partial charge in [0.25, 0.3) is 0 Å². The van der Waals surface area contributed by atoms with Gasteiger partial charge in [0.2, 0.25) is 5.91 Å². The van der Waals surface area contributed by atoms with Crippen LogP contribution in [0.4, 0.5) is 0 Å². The monoisotopic (exact) mass is 278 g/mol. The van der Waals surface area contributed by atoms with E-state index >= 15 is 0 Å². The van der Waals surface area contributed by atoms with E-state index < -0.39 is 0 Å². The molecule has 0 bridgehead atoms. The summed E-state index contributed by atoms with van der Waals surface area (Å²) in [6.07, 6.45) is 4.11. The van der Waals surface area contributed by atoms with Crippen molar-refractivity contribution in [1.82, 2.24) is 10.6 Å². The molecule has 0 saturated heterocycles. The Labute approximate surface area is 119 Å². The molecule has 0 aromatic heterocycles. The second kappa shape index (κ2) is 6.96. The molecule has 1 amide bonds. The third-order valence-corrected chi connectivity index (χ3v) is 4.16. The van der Waals surface area contributed by atoms with Gasteiger partial charge in [-0.3, -0.25) is 4.79 Å². The Morgan fingerprint density at radius 1 is 1.53 bits per heavy atom. The first kappa shape index (κ1) is 14.4. The van der Waals surface area contributed by atoms with E-state index in [0.29, 0.717) is 0 Å². The van der Waals surface area contributed by atoms with Crippen LogP contribution in [0, 0.1) is 0 Å². The highest BCUT2D eigenvalue weighted by Gasteiger charge is 2.26. The van der Waals surface area contributed by atoms with Crippen LogP contribution < -0.4 is 10.6 Å². The van der Waals surface area contributed by atoms with Gasteiger partial charge in [0.15, 0.2) is 0 Å². The molecular weight excluding hydrogens is 256 g/mol. The molecule has 0 fully saturated rings. The summed E-state index contributed by atoms with van der Waals surface area (Å²) in [4.78, 5) is 12.4. The number of rotatable bonds is 5. The van der Waals surface area contributed by atoms with Gasteiger partial charge >= 0.3 is 0 Å². The lowest BCUT2D eigenvalue weighted by atomic mass is 9.94. The summed E-state index contributed by atoms with van der Waals surface area (Å²) in [6.45, 7) is 2.94. The van der Waals surface area contributed by atoms with E-state index in [1.165, 1.54) is 5.56 Å². The molecule has 1 heterocycles. The summed E-state index contributed by atoms with van der Waals surface area (Å²) in [5, 5.41) is 6.43. The summed E-state index contributed by atoms with van der Waals surface area (Å²) in [5.74, 6) is 1.18. The van der Waals surface area contributed by atoms with Crippen molar-refractivity contribution < 1.29 is 4.79 Å². The van der Waals surface area contributed by atoms with Crippen molar-refractivity contribution in [2.45, 2.75) is 31.8 Å². The summed E-state index contributed by atoms with van der Waals surface area (Å²) in [5.41, 5.74) is 2.42. The molecule has 2 atom stereocenters. The molecule has 2 unspecified atom stereocenters. The molecule has 2 rings (SSSR count). The standard InChI is InChI=1S/C15H22N2OS/c1-11(8-10-19-2)17-15(18)14-13-6-4-3-5-12(13)7-9-16-14/h3-6,11,14,16H,7-10H2,1-2H3,(H,17,18). The summed E-state index contributed by atoms with van der Waals surface area (Å²) in [6, 6.07) is 8.26. The second-order valence-electron chi connectivity index (χ2n) is 5.03. The molecular formula is C15H22N2OS. The van der Waals surface area contributed by atoms with Crippen LogP contribution >= 0.6 is 11.8 Å². The average Bonchev–Trinajstić information content (AvgIpc) is 2.44. The fraction of sp³-hybridized carbons (Fsp3) is 0.533. The SMILES string of the molecule is CSCCC(C)NC(=O)C1NCCc2ccccc21. The number of hydrogen-bond acceptors (Lipinski definition) is 3. The number of thioether (sulfide) groups is 1. The minimum atomic E-state index is -0.193. The zero-order valence-corrected chi connectivity index (χ0v) is 12.4. The molecule has 0 saturated carbocycles. The van der Waals surface area contributed by atoms with Crippen LogP contribution in [0.3, 0.4) is 0 Å². The highest BCUT2D eigenvalue weighted by molar-refractivity contribution is 7.98. The molecule has 2 N–H and O–H groups in total. The predicted molar refractivity (Wildman–Crippen MR) is 81.5 cm³/mol. The van der Waals surface area contributed by atoms with E-state index in [1.54, 1.807) is 0 Å². The van der Waals surface area contributed by atoms with Crippen LogP contribution in [0.5, 0.6) is 0 Å². The molecule has 1 aliphatic rings. The fourth-order valence-corrected chi connectivity index (χ4v) is 3.02. The van der Waals surface area contributed by atoms with Crippen molar-refractivity contribution in [2.75, 3.05) is 18.6 Å². The van der Waals surface area contributed by atoms with Crippen LogP contribution in [0.15, 0.2) is 24.3 Å². The van der Waals surface area contributed by atoms with Crippen molar-refractivity contribution in [1.29, 1.82) is 0 Å². The summed E-state index contributed by atoms with van der Waals surface area (Å²) in [7, 11) is 0. The Morgan fingerprint density at radius 3 is 3.11 bits per heavy atom. The molecule has 0 radical (unpaired) electrons. The van der Waals surface area contributed by atoms with Gasteiger partial charge in [0, 0.05) is 12.6 Å². The Hall–Kier alpha value is -1.00. The first-order valence-corrected chi connectivity index (χ1v) is 8.22. The van der Waals surface area contributed by atoms with E-state index in [2.05, 4.69) is 35.9 Å². The van der Waals surface area contributed by atoms with Crippen LogP contribution in [0.2, 0.25) is 0 Å². The van der Waals surface area contributed by atoms with Gasteiger partial charge in [-0.2, -0.15) is 11.8 Å². The zero-order chi connectivity index (χ0) is 13.7. The van der Waals surface area contributed by atoms with Crippen molar-refractivity contribution in [3.63, 3.8) is 0 Å². The van der Waals surface area contributed by atoms with Gasteiger partial charge in [0.05, 0.1) is 0 Å². The normalized spacial score (nSPS) is 19.6. The van der Waals surface area contributed by atoms with Gasteiger partial charge in [-0.1, -0.05) is 24.3 Å². The second-order valence-corrected chi connectivity index (χ2v) is 6.01. The number of nitrogens with one attached hydrogen (secondary N) is 2. The average molecular weight is 278 g/mol. The van der Waals surface area contributed by atoms with Crippen LogP contribution in [-0.2, 0) is 11.2 Å². The van der Waals surface area contributed by atoms with Gasteiger partial charge in [-0.25, -0.2) is 0 Å². The Balaban J connectivity index is 2.00. The molecule has 104 valence electrons. The van der Waals surface area contributed by atoms with Crippen LogP contribution in [0.25, 0.3) is 0 Å². The highest BCUT2D eigenvalue weighted by Crippen LogP contribution is 2.22. The molecule has 19 heavy (non-hydrogen) atoms. The lowest BCUT2D eigenvalue weighted by Gasteiger charge is -2.27. The maximum atomic E-state index is 12.4. The van der Waals surface area contributed by atoms with Gasteiger partial charge in [-0.15, -0.1) is 0 Å². The predicted octanol–water partition coefficient (Wildman–Crippen LogP) is 2.13. The quantitative estimate of drug-likeness (QED) is 0.867. The van der Waals surface area contributed by atoms with Gasteiger partial charge in [-0.05, 0) is 42.9 Å². The zero-order valence-electron chi connectivity index (χ0n) is 11.6. The maximum Gasteiger partial charge on any atom is 0.241 e. The fourth-order valence-electron chi connectivity index (χ4n) is 2.43. The van der Waals surface area contributed by atoms with Crippen molar-refractivity contribution in [2.24, 2.45) is 0 Å². The number of amides is 1. The molecule has 1 aliphatic heterocycles. The molecule has 3 nitrogen and oxygen atoms in total.